The van der Waals surface area contributed by atoms with Crippen molar-refractivity contribution in [3.05, 3.63) is 23.8 Å². The summed E-state index contributed by atoms with van der Waals surface area (Å²) in [6.45, 7) is 4.59. The van der Waals surface area contributed by atoms with Crippen molar-refractivity contribution in [2.75, 3.05) is 30.5 Å². The number of methoxy groups -OCH3 is 1. The molecule has 19 heavy (non-hydrogen) atoms. The monoisotopic (exact) mass is 282 g/mol. The smallest absolute Gasteiger partial charge is 0.237 e. The van der Waals surface area contributed by atoms with Crippen LogP contribution in [0.5, 0.6) is 0 Å². The van der Waals surface area contributed by atoms with Gasteiger partial charge in [-0.1, -0.05) is 6.07 Å². The lowest BCUT2D eigenvalue weighted by molar-refractivity contribution is -0.115. The number of hydrogen-bond acceptors (Lipinski definition) is 4. The van der Waals surface area contributed by atoms with Crippen molar-refractivity contribution in [1.29, 1.82) is 0 Å². The van der Waals surface area contributed by atoms with E-state index in [2.05, 4.69) is 5.32 Å². The van der Waals surface area contributed by atoms with Crippen LogP contribution in [0, 0.1) is 6.92 Å². The van der Waals surface area contributed by atoms with Gasteiger partial charge in [0.25, 0.3) is 0 Å². The first-order valence-corrected chi connectivity index (χ1v) is 7.37. The van der Waals surface area contributed by atoms with Gasteiger partial charge in [0, 0.05) is 25.1 Å². The molecule has 0 spiro atoms. The van der Waals surface area contributed by atoms with E-state index < -0.39 is 0 Å². The number of thioether (sulfide) groups is 1. The highest BCUT2D eigenvalue weighted by Crippen LogP contribution is 2.20. The number of carbonyl (C=O) groups excluding carboxylic acids is 1. The molecule has 0 aliphatic rings. The van der Waals surface area contributed by atoms with Crippen molar-refractivity contribution in [2.45, 2.75) is 25.5 Å². The van der Waals surface area contributed by atoms with Gasteiger partial charge < -0.3 is 15.8 Å². The van der Waals surface area contributed by atoms with Crippen molar-refractivity contribution >= 4 is 29.0 Å². The number of nitrogens with one attached hydrogen (secondary N) is 1. The average Bonchev–Trinajstić information content (AvgIpc) is 2.38. The van der Waals surface area contributed by atoms with Crippen LogP contribution in [0.3, 0.4) is 0 Å². The number of anilines is 2. The van der Waals surface area contributed by atoms with E-state index in [1.54, 1.807) is 24.9 Å². The fourth-order valence-electron chi connectivity index (χ4n) is 1.55. The Morgan fingerprint density at radius 1 is 1.53 bits per heavy atom. The lowest BCUT2D eigenvalue weighted by Gasteiger charge is -2.14. The molecule has 0 aliphatic carbocycles. The molecule has 1 aromatic carbocycles. The summed E-state index contributed by atoms with van der Waals surface area (Å²) >= 11 is 1.63. The highest BCUT2D eigenvalue weighted by molar-refractivity contribution is 8.00. The number of ether oxygens (including phenoxy) is 1. The lowest BCUT2D eigenvalue weighted by Crippen LogP contribution is -2.23. The maximum absolute atomic E-state index is 12.0. The maximum atomic E-state index is 12.0. The molecule has 3 N–H and O–H groups in total. The molecule has 0 bridgehead atoms. The van der Waals surface area contributed by atoms with E-state index in [4.69, 9.17) is 10.5 Å². The Morgan fingerprint density at radius 2 is 2.26 bits per heavy atom. The molecule has 4 nitrogen and oxygen atoms in total. The standard InChI is InChI=1S/C14H22N2O2S/c1-10-5-6-12(15)9-13(10)16-14(17)11(2)19-8-4-7-18-3/h5-6,9,11H,4,7-8,15H2,1-3H3,(H,16,17). The normalized spacial score (nSPS) is 12.2. The fraction of sp³-hybridized carbons (Fsp3) is 0.500. The number of aryl methyl sites for hydroxylation is 1. The molecule has 0 saturated heterocycles. The molecule has 0 saturated carbocycles. The number of nitrogen functional groups attached to an aromatic ring is 1. The van der Waals surface area contributed by atoms with E-state index in [0.717, 1.165) is 30.0 Å². The highest BCUT2D eigenvalue weighted by Gasteiger charge is 2.14. The van der Waals surface area contributed by atoms with Gasteiger partial charge in [0.05, 0.1) is 5.25 Å². The van der Waals surface area contributed by atoms with Gasteiger partial charge in [-0.25, -0.2) is 0 Å². The molecule has 106 valence electrons. The Hall–Kier alpha value is -1.20. The van der Waals surface area contributed by atoms with Crippen LogP contribution in [0.1, 0.15) is 18.9 Å². The molecule has 0 fully saturated rings. The third-order valence-corrected chi connectivity index (χ3v) is 3.99. The predicted octanol–water partition coefficient (Wildman–Crippen LogP) is 2.67. The third-order valence-electron chi connectivity index (χ3n) is 2.75. The number of hydrogen-bond donors (Lipinski definition) is 2. The summed E-state index contributed by atoms with van der Waals surface area (Å²) < 4.78 is 4.98. The molecule has 0 heterocycles. The molecule has 1 unspecified atom stereocenters. The average molecular weight is 282 g/mol. The van der Waals surface area contributed by atoms with Crippen molar-refractivity contribution in [3.8, 4) is 0 Å². The number of rotatable bonds is 7. The Bertz CT molecular complexity index is 424. The fourth-order valence-corrected chi connectivity index (χ4v) is 2.40. The van der Waals surface area contributed by atoms with Crippen molar-refractivity contribution in [2.24, 2.45) is 0 Å². The number of nitrogens with two attached hydrogens (primary N) is 1. The molecule has 0 radical (unpaired) electrons. The first-order chi connectivity index (χ1) is 9.04. The molecule has 1 amide bonds. The minimum absolute atomic E-state index is 0.0103. The van der Waals surface area contributed by atoms with Gasteiger partial charge in [0.15, 0.2) is 0 Å². The molecule has 5 heteroatoms. The van der Waals surface area contributed by atoms with Gasteiger partial charge in [0.1, 0.15) is 0 Å². The predicted molar refractivity (Wildman–Crippen MR) is 82.6 cm³/mol. The zero-order valence-corrected chi connectivity index (χ0v) is 12.5. The zero-order valence-electron chi connectivity index (χ0n) is 11.7. The Labute approximate surface area is 119 Å². The van der Waals surface area contributed by atoms with Gasteiger partial charge in [-0.3, -0.25) is 4.79 Å². The molecular weight excluding hydrogens is 260 g/mol. The topological polar surface area (TPSA) is 64.3 Å². The zero-order chi connectivity index (χ0) is 14.3. The van der Waals surface area contributed by atoms with Crippen molar-refractivity contribution in [1.82, 2.24) is 0 Å². The first-order valence-electron chi connectivity index (χ1n) is 6.32. The van der Waals surface area contributed by atoms with E-state index in [-0.39, 0.29) is 11.2 Å². The van der Waals surface area contributed by atoms with Crippen molar-refractivity contribution in [3.63, 3.8) is 0 Å². The largest absolute Gasteiger partial charge is 0.399 e. The van der Waals surface area contributed by atoms with E-state index in [1.807, 2.05) is 26.0 Å². The van der Waals surface area contributed by atoms with Gasteiger partial charge in [0.2, 0.25) is 5.91 Å². The van der Waals surface area contributed by atoms with Gasteiger partial charge in [-0.05, 0) is 43.7 Å². The van der Waals surface area contributed by atoms with Crippen LogP contribution >= 0.6 is 11.8 Å². The second kappa shape index (κ2) is 8.07. The van der Waals surface area contributed by atoms with Crippen LogP contribution in [0.25, 0.3) is 0 Å². The molecule has 0 aliphatic heterocycles. The van der Waals surface area contributed by atoms with E-state index in [9.17, 15) is 4.79 Å². The third kappa shape index (κ3) is 5.53. The molecule has 0 aromatic heterocycles. The summed E-state index contributed by atoms with van der Waals surface area (Å²) in [4.78, 5) is 12.0. The maximum Gasteiger partial charge on any atom is 0.237 e. The Balaban J connectivity index is 2.47. The Morgan fingerprint density at radius 3 is 2.95 bits per heavy atom. The highest BCUT2D eigenvalue weighted by atomic mass is 32.2. The van der Waals surface area contributed by atoms with E-state index in [0.29, 0.717) is 5.69 Å². The minimum Gasteiger partial charge on any atom is -0.399 e. The number of benzene rings is 1. The van der Waals surface area contributed by atoms with Gasteiger partial charge in [-0.2, -0.15) is 0 Å². The van der Waals surface area contributed by atoms with Crippen LogP contribution in [0.4, 0.5) is 11.4 Å². The second-order valence-corrected chi connectivity index (χ2v) is 5.87. The van der Waals surface area contributed by atoms with Gasteiger partial charge >= 0.3 is 0 Å². The summed E-state index contributed by atoms with van der Waals surface area (Å²) in [5.74, 6) is 0.925. The Kier molecular flexibility index (Phi) is 6.73. The summed E-state index contributed by atoms with van der Waals surface area (Å²) in [5, 5.41) is 2.84. The number of carbonyl (C=O) groups is 1. The SMILES string of the molecule is COCCCSC(C)C(=O)Nc1cc(N)ccc1C. The summed E-state index contributed by atoms with van der Waals surface area (Å²) in [5.41, 5.74) is 8.18. The van der Waals surface area contributed by atoms with Crippen LogP contribution < -0.4 is 11.1 Å². The van der Waals surface area contributed by atoms with Gasteiger partial charge in [-0.15, -0.1) is 11.8 Å². The van der Waals surface area contributed by atoms with Crippen LogP contribution in [0.15, 0.2) is 18.2 Å². The van der Waals surface area contributed by atoms with Crippen molar-refractivity contribution < 1.29 is 9.53 Å². The first kappa shape index (κ1) is 15.9. The van der Waals surface area contributed by atoms with E-state index >= 15 is 0 Å². The van der Waals surface area contributed by atoms with Crippen LogP contribution in [-0.2, 0) is 9.53 Å². The van der Waals surface area contributed by atoms with Crippen LogP contribution in [-0.4, -0.2) is 30.6 Å². The molecule has 1 atom stereocenters. The summed E-state index contributed by atoms with van der Waals surface area (Å²) in [6, 6.07) is 5.52. The minimum atomic E-state index is -0.0855. The second-order valence-electron chi connectivity index (χ2n) is 4.42. The quantitative estimate of drug-likeness (QED) is 0.596. The number of amides is 1. The molecule has 1 rings (SSSR count). The summed E-state index contributed by atoms with van der Waals surface area (Å²) in [7, 11) is 1.68. The van der Waals surface area contributed by atoms with E-state index in [1.165, 1.54) is 0 Å². The van der Waals surface area contributed by atoms with Crippen LogP contribution in [0.2, 0.25) is 0 Å². The lowest BCUT2D eigenvalue weighted by atomic mass is 10.2. The molecular formula is C14H22N2O2S. The molecule has 1 aromatic rings. The summed E-state index contributed by atoms with van der Waals surface area (Å²) in [6.07, 6.45) is 0.954.